The maximum absolute atomic E-state index is 12.3. The number of nitrogens with one attached hydrogen (secondary N) is 2. The minimum atomic E-state index is -0.123. The van der Waals surface area contributed by atoms with Gasteiger partial charge in [0, 0.05) is 36.7 Å². The summed E-state index contributed by atoms with van der Waals surface area (Å²) < 4.78 is 5.81. The first-order chi connectivity index (χ1) is 11.1. The minimum absolute atomic E-state index is 0.0751. The van der Waals surface area contributed by atoms with Gasteiger partial charge in [0.2, 0.25) is 0 Å². The Morgan fingerprint density at radius 2 is 1.96 bits per heavy atom. The van der Waals surface area contributed by atoms with Crippen LogP contribution in [0, 0.1) is 13.8 Å². The van der Waals surface area contributed by atoms with Crippen LogP contribution in [0.3, 0.4) is 0 Å². The molecule has 0 radical (unpaired) electrons. The standard InChI is InChI=1S/C18H21N3O2/c1-12-9-15(16-11-20-7-8-23-16)10-13(2)17(12)21-18(22)14-3-5-19-6-4-14/h3-6,9-10,16,20H,7-8,11H2,1-2H3,(H,21,22)/t16-/m1/s1. The molecule has 1 aromatic carbocycles. The lowest BCUT2D eigenvalue weighted by Gasteiger charge is -2.25. The third-order valence-corrected chi connectivity index (χ3v) is 4.04. The van der Waals surface area contributed by atoms with Crippen LogP contribution in [-0.4, -0.2) is 30.6 Å². The first-order valence-corrected chi connectivity index (χ1v) is 7.80. The number of aryl methyl sites for hydroxylation is 2. The fourth-order valence-electron chi connectivity index (χ4n) is 2.85. The Labute approximate surface area is 136 Å². The second kappa shape index (κ2) is 6.89. The van der Waals surface area contributed by atoms with E-state index in [1.165, 1.54) is 0 Å². The van der Waals surface area contributed by atoms with Gasteiger partial charge in [-0.3, -0.25) is 9.78 Å². The van der Waals surface area contributed by atoms with Crippen LogP contribution in [0.1, 0.15) is 33.2 Å². The van der Waals surface area contributed by atoms with E-state index >= 15 is 0 Å². The highest BCUT2D eigenvalue weighted by molar-refractivity contribution is 6.05. The molecule has 1 amide bonds. The molecule has 1 aliphatic heterocycles. The van der Waals surface area contributed by atoms with Gasteiger partial charge in [-0.1, -0.05) is 12.1 Å². The minimum Gasteiger partial charge on any atom is -0.371 e. The molecule has 3 rings (SSSR count). The molecule has 120 valence electrons. The molecule has 0 saturated carbocycles. The van der Waals surface area contributed by atoms with Gasteiger partial charge in [0.15, 0.2) is 0 Å². The van der Waals surface area contributed by atoms with Gasteiger partial charge in [-0.15, -0.1) is 0 Å². The van der Waals surface area contributed by atoms with Crippen LogP contribution >= 0.6 is 0 Å². The van der Waals surface area contributed by atoms with Crippen molar-refractivity contribution in [1.82, 2.24) is 10.3 Å². The van der Waals surface area contributed by atoms with E-state index in [-0.39, 0.29) is 12.0 Å². The summed E-state index contributed by atoms with van der Waals surface area (Å²) in [6.07, 6.45) is 3.31. The molecular weight excluding hydrogens is 290 g/mol. The summed E-state index contributed by atoms with van der Waals surface area (Å²) in [5, 5.41) is 6.34. The van der Waals surface area contributed by atoms with Gasteiger partial charge >= 0.3 is 0 Å². The Morgan fingerprint density at radius 1 is 1.26 bits per heavy atom. The Bertz CT molecular complexity index is 672. The Balaban J connectivity index is 1.81. The van der Waals surface area contributed by atoms with Crippen LogP contribution in [0.25, 0.3) is 0 Å². The fraction of sp³-hybridized carbons (Fsp3) is 0.333. The number of benzene rings is 1. The van der Waals surface area contributed by atoms with Gasteiger partial charge in [-0.25, -0.2) is 0 Å². The molecule has 1 aromatic heterocycles. The SMILES string of the molecule is Cc1cc([C@H]2CNCCO2)cc(C)c1NC(=O)c1ccncc1. The molecule has 1 atom stereocenters. The monoisotopic (exact) mass is 311 g/mol. The average molecular weight is 311 g/mol. The maximum atomic E-state index is 12.3. The number of hydrogen-bond donors (Lipinski definition) is 2. The summed E-state index contributed by atoms with van der Waals surface area (Å²) in [6.45, 7) is 6.46. The van der Waals surface area contributed by atoms with Crippen molar-refractivity contribution in [2.45, 2.75) is 20.0 Å². The van der Waals surface area contributed by atoms with E-state index in [1.807, 2.05) is 13.8 Å². The van der Waals surface area contributed by atoms with Gasteiger partial charge in [-0.2, -0.15) is 0 Å². The van der Waals surface area contributed by atoms with Crippen molar-refractivity contribution >= 4 is 11.6 Å². The Kier molecular flexibility index (Phi) is 4.69. The number of anilines is 1. The number of amides is 1. The number of pyridine rings is 1. The number of carbonyl (C=O) groups is 1. The fourth-order valence-corrected chi connectivity index (χ4v) is 2.85. The molecule has 1 fully saturated rings. The first kappa shape index (κ1) is 15.6. The van der Waals surface area contributed by atoms with Gasteiger partial charge in [0.05, 0.1) is 12.7 Å². The van der Waals surface area contributed by atoms with Crippen molar-refractivity contribution in [2.24, 2.45) is 0 Å². The van der Waals surface area contributed by atoms with E-state index in [4.69, 9.17) is 4.74 Å². The first-order valence-electron chi connectivity index (χ1n) is 7.80. The van der Waals surface area contributed by atoms with Crippen molar-refractivity contribution in [3.8, 4) is 0 Å². The Morgan fingerprint density at radius 3 is 2.57 bits per heavy atom. The van der Waals surface area contributed by atoms with E-state index in [9.17, 15) is 4.79 Å². The van der Waals surface area contributed by atoms with Crippen LogP contribution in [0.4, 0.5) is 5.69 Å². The van der Waals surface area contributed by atoms with Crippen LogP contribution in [0.15, 0.2) is 36.7 Å². The van der Waals surface area contributed by atoms with Crippen molar-refractivity contribution in [3.63, 3.8) is 0 Å². The number of hydrogen-bond acceptors (Lipinski definition) is 4. The number of carbonyl (C=O) groups excluding carboxylic acids is 1. The van der Waals surface area contributed by atoms with Crippen molar-refractivity contribution in [1.29, 1.82) is 0 Å². The number of nitrogens with zero attached hydrogens (tertiary/aromatic N) is 1. The van der Waals surface area contributed by atoms with Gasteiger partial charge < -0.3 is 15.4 Å². The summed E-state index contributed by atoms with van der Waals surface area (Å²) in [7, 11) is 0. The molecule has 1 aliphatic rings. The highest BCUT2D eigenvalue weighted by Gasteiger charge is 2.18. The van der Waals surface area contributed by atoms with Crippen LogP contribution in [0.5, 0.6) is 0 Å². The molecule has 23 heavy (non-hydrogen) atoms. The third kappa shape index (κ3) is 3.57. The van der Waals surface area contributed by atoms with E-state index in [2.05, 4.69) is 27.8 Å². The van der Waals surface area contributed by atoms with E-state index in [0.29, 0.717) is 5.56 Å². The summed E-state index contributed by atoms with van der Waals surface area (Å²) in [6, 6.07) is 7.59. The lowest BCUT2D eigenvalue weighted by atomic mass is 10.00. The summed E-state index contributed by atoms with van der Waals surface area (Å²) >= 11 is 0. The number of morpholine rings is 1. The van der Waals surface area contributed by atoms with Crippen LogP contribution < -0.4 is 10.6 Å². The molecule has 0 spiro atoms. The molecular formula is C18H21N3O2. The molecule has 0 bridgehead atoms. The smallest absolute Gasteiger partial charge is 0.255 e. The van der Waals surface area contributed by atoms with E-state index < -0.39 is 0 Å². The Hall–Kier alpha value is -2.24. The zero-order valence-electron chi connectivity index (χ0n) is 13.4. The molecule has 2 N–H and O–H groups in total. The molecule has 5 nitrogen and oxygen atoms in total. The second-order valence-electron chi connectivity index (χ2n) is 5.78. The van der Waals surface area contributed by atoms with Gasteiger partial charge in [0.25, 0.3) is 5.91 Å². The quantitative estimate of drug-likeness (QED) is 0.914. The third-order valence-electron chi connectivity index (χ3n) is 4.04. The van der Waals surface area contributed by atoms with Crippen LogP contribution in [-0.2, 0) is 4.74 Å². The summed E-state index contributed by atoms with van der Waals surface area (Å²) in [5.74, 6) is -0.123. The predicted molar refractivity (Wildman–Crippen MR) is 89.7 cm³/mol. The molecule has 5 heteroatoms. The predicted octanol–water partition coefficient (Wildman–Crippen LogP) is 2.61. The summed E-state index contributed by atoms with van der Waals surface area (Å²) in [5.41, 5.74) is 4.68. The number of aromatic nitrogens is 1. The lowest BCUT2D eigenvalue weighted by Crippen LogP contribution is -2.33. The van der Waals surface area contributed by atoms with Crippen molar-refractivity contribution < 1.29 is 9.53 Å². The molecule has 2 aromatic rings. The largest absolute Gasteiger partial charge is 0.371 e. The van der Waals surface area contributed by atoms with E-state index in [1.54, 1.807) is 24.5 Å². The zero-order chi connectivity index (χ0) is 16.2. The molecule has 0 unspecified atom stereocenters. The van der Waals surface area contributed by atoms with Crippen molar-refractivity contribution in [3.05, 3.63) is 58.9 Å². The summed E-state index contributed by atoms with van der Waals surface area (Å²) in [4.78, 5) is 16.3. The molecule has 1 saturated heterocycles. The van der Waals surface area contributed by atoms with E-state index in [0.717, 1.165) is 42.1 Å². The van der Waals surface area contributed by atoms with Gasteiger partial charge in [0.1, 0.15) is 0 Å². The zero-order valence-corrected chi connectivity index (χ0v) is 13.4. The topological polar surface area (TPSA) is 63.2 Å². The second-order valence-corrected chi connectivity index (χ2v) is 5.78. The lowest BCUT2D eigenvalue weighted by molar-refractivity contribution is 0.0276. The molecule has 0 aliphatic carbocycles. The average Bonchev–Trinajstić information content (AvgIpc) is 2.59. The maximum Gasteiger partial charge on any atom is 0.255 e. The van der Waals surface area contributed by atoms with Gasteiger partial charge in [-0.05, 0) is 42.7 Å². The highest BCUT2D eigenvalue weighted by atomic mass is 16.5. The highest BCUT2D eigenvalue weighted by Crippen LogP contribution is 2.28. The number of rotatable bonds is 3. The number of ether oxygens (including phenoxy) is 1. The van der Waals surface area contributed by atoms with Crippen LogP contribution in [0.2, 0.25) is 0 Å². The normalized spacial score (nSPS) is 17.7. The molecule has 2 heterocycles. The van der Waals surface area contributed by atoms with Crippen molar-refractivity contribution in [2.75, 3.05) is 25.0 Å².